The van der Waals surface area contributed by atoms with E-state index in [0.29, 0.717) is 12.0 Å². The normalized spacial score (nSPS) is 13.7. The van der Waals surface area contributed by atoms with Gasteiger partial charge in [-0.3, -0.25) is 4.79 Å². The van der Waals surface area contributed by atoms with Crippen LogP contribution >= 0.6 is 0 Å². The van der Waals surface area contributed by atoms with Gasteiger partial charge in [-0.15, -0.1) is 0 Å². The number of carbonyl (C=O) groups is 1. The average Bonchev–Trinajstić information content (AvgIpc) is 2.84. The van der Waals surface area contributed by atoms with Crippen molar-refractivity contribution in [3.8, 4) is 0 Å². The summed E-state index contributed by atoms with van der Waals surface area (Å²) in [5, 5.41) is 2.72. The van der Waals surface area contributed by atoms with Gasteiger partial charge >= 0.3 is 0 Å². The number of hydrogen-bond acceptors (Lipinski definition) is 3. The van der Waals surface area contributed by atoms with E-state index < -0.39 is 15.8 Å². The highest BCUT2D eigenvalue weighted by atomic mass is 32.2. The Kier molecular flexibility index (Phi) is 3.91. The molecule has 7 heteroatoms. The third-order valence-corrected chi connectivity index (χ3v) is 5.25. The summed E-state index contributed by atoms with van der Waals surface area (Å²) in [6, 6.07) is 8.86. The fourth-order valence-electron chi connectivity index (χ4n) is 2.56. The Hall–Kier alpha value is -2.25. The Morgan fingerprint density at radius 3 is 2.74 bits per heavy atom. The van der Waals surface area contributed by atoms with Gasteiger partial charge in [0.2, 0.25) is 15.9 Å². The lowest BCUT2D eigenvalue weighted by atomic mass is 10.1. The van der Waals surface area contributed by atoms with Crippen molar-refractivity contribution in [3.05, 3.63) is 58.9 Å². The number of halogens is 1. The van der Waals surface area contributed by atoms with E-state index in [9.17, 15) is 17.6 Å². The second-order valence-electron chi connectivity index (χ2n) is 5.45. The molecule has 1 aliphatic rings. The minimum atomic E-state index is -3.73. The predicted molar refractivity (Wildman–Crippen MR) is 83.9 cm³/mol. The first kappa shape index (κ1) is 15.6. The molecule has 2 aromatic rings. The Morgan fingerprint density at radius 1 is 1.22 bits per heavy atom. The number of sulfonamides is 1. The van der Waals surface area contributed by atoms with Crippen molar-refractivity contribution in [3.63, 3.8) is 0 Å². The van der Waals surface area contributed by atoms with Gasteiger partial charge < -0.3 is 5.32 Å². The summed E-state index contributed by atoms with van der Waals surface area (Å²) < 4.78 is 40.2. The molecule has 0 aromatic heterocycles. The summed E-state index contributed by atoms with van der Waals surface area (Å²) in [5.41, 5.74) is 2.71. The van der Waals surface area contributed by atoms with Crippen LogP contribution in [0.4, 0.5) is 10.1 Å². The summed E-state index contributed by atoms with van der Waals surface area (Å²) in [4.78, 5) is 11.4. The summed E-state index contributed by atoms with van der Waals surface area (Å²) >= 11 is 0. The molecule has 0 saturated heterocycles. The van der Waals surface area contributed by atoms with E-state index >= 15 is 0 Å². The van der Waals surface area contributed by atoms with Crippen molar-refractivity contribution in [2.45, 2.75) is 24.8 Å². The monoisotopic (exact) mass is 334 g/mol. The maximum absolute atomic E-state index is 13.1. The lowest BCUT2D eigenvalue weighted by Gasteiger charge is -2.10. The van der Waals surface area contributed by atoms with Crippen LogP contribution < -0.4 is 10.0 Å². The molecule has 1 amide bonds. The maximum atomic E-state index is 13.1. The van der Waals surface area contributed by atoms with E-state index in [1.807, 2.05) is 0 Å². The Bertz CT molecular complexity index is 894. The van der Waals surface area contributed by atoms with Crippen molar-refractivity contribution >= 4 is 21.6 Å². The first-order chi connectivity index (χ1) is 10.8. The summed E-state index contributed by atoms with van der Waals surface area (Å²) in [6.07, 6.45) is 0.299. The molecule has 0 unspecified atom stereocenters. The summed E-state index contributed by atoms with van der Waals surface area (Å²) in [7, 11) is -3.73. The maximum Gasteiger partial charge on any atom is 0.241 e. The lowest BCUT2D eigenvalue weighted by Crippen LogP contribution is -2.24. The van der Waals surface area contributed by atoms with Crippen LogP contribution in [0, 0.1) is 12.7 Å². The fourth-order valence-corrected chi connectivity index (χ4v) is 3.81. The molecule has 0 aliphatic carbocycles. The van der Waals surface area contributed by atoms with Crippen molar-refractivity contribution in [2.75, 3.05) is 5.32 Å². The molecule has 0 radical (unpaired) electrons. The standard InChI is InChI=1S/C16H15FN2O3S/c1-10-6-13(17)3-5-15(10)23(21,22)18-9-11-2-4-14-12(7-11)8-16(20)19-14/h2-7,18H,8-9H2,1H3,(H,19,20). The first-order valence-corrected chi connectivity index (χ1v) is 8.51. The lowest BCUT2D eigenvalue weighted by molar-refractivity contribution is -0.115. The van der Waals surface area contributed by atoms with Gasteiger partial charge in [-0.1, -0.05) is 12.1 Å². The number of rotatable bonds is 4. The molecule has 5 nitrogen and oxygen atoms in total. The van der Waals surface area contributed by atoms with Crippen molar-refractivity contribution < 1.29 is 17.6 Å². The Balaban J connectivity index is 1.77. The zero-order chi connectivity index (χ0) is 16.6. The van der Waals surface area contributed by atoms with Gasteiger partial charge in [0.25, 0.3) is 0 Å². The summed E-state index contributed by atoms with van der Waals surface area (Å²) in [5.74, 6) is -0.545. The highest BCUT2D eigenvalue weighted by Gasteiger charge is 2.19. The quantitative estimate of drug-likeness (QED) is 0.899. The van der Waals surface area contributed by atoms with E-state index in [1.165, 1.54) is 12.1 Å². The number of aryl methyl sites for hydroxylation is 1. The molecule has 1 aliphatic heterocycles. The van der Waals surface area contributed by atoms with E-state index in [2.05, 4.69) is 10.0 Å². The molecule has 1 heterocycles. The number of carbonyl (C=O) groups excluding carboxylic acids is 1. The van der Waals surface area contributed by atoms with Crippen LogP contribution in [-0.2, 0) is 27.8 Å². The fraction of sp³-hybridized carbons (Fsp3) is 0.188. The van der Waals surface area contributed by atoms with E-state index in [1.54, 1.807) is 25.1 Å². The highest BCUT2D eigenvalue weighted by molar-refractivity contribution is 7.89. The van der Waals surface area contributed by atoms with Gasteiger partial charge in [-0.2, -0.15) is 0 Å². The summed E-state index contributed by atoms with van der Waals surface area (Å²) in [6.45, 7) is 1.64. The van der Waals surface area contributed by atoms with Crippen LogP contribution in [0.2, 0.25) is 0 Å². The molecule has 3 rings (SSSR count). The topological polar surface area (TPSA) is 75.3 Å². The number of fused-ring (bicyclic) bond motifs is 1. The molecule has 0 saturated carbocycles. The minimum absolute atomic E-state index is 0.0527. The number of hydrogen-bond donors (Lipinski definition) is 2. The smallest absolute Gasteiger partial charge is 0.241 e. The van der Waals surface area contributed by atoms with Gasteiger partial charge in [0.05, 0.1) is 11.3 Å². The molecule has 0 bridgehead atoms. The van der Waals surface area contributed by atoms with E-state index in [0.717, 1.165) is 22.9 Å². The molecular weight excluding hydrogens is 319 g/mol. The average molecular weight is 334 g/mol. The van der Waals surface area contributed by atoms with Crippen LogP contribution in [0.5, 0.6) is 0 Å². The zero-order valence-electron chi connectivity index (χ0n) is 12.4. The Morgan fingerprint density at radius 2 is 2.00 bits per heavy atom. The molecule has 0 spiro atoms. The third-order valence-electron chi connectivity index (χ3n) is 3.69. The van der Waals surface area contributed by atoms with Crippen LogP contribution in [0.3, 0.4) is 0 Å². The SMILES string of the molecule is Cc1cc(F)ccc1S(=O)(=O)NCc1ccc2c(c1)CC(=O)N2. The first-order valence-electron chi connectivity index (χ1n) is 7.02. The van der Waals surface area contributed by atoms with Crippen molar-refractivity contribution in [1.82, 2.24) is 4.72 Å². The molecule has 0 atom stereocenters. The second kappa shape index (κ2) is 5.75. The van der Waals surface area contributed by atoms with Gasteiger partial charge in [0.15, 0.2) is 0 Å². The predicted octanol–water partition coefficient (Wildman–Crippen LogP) is 2.11. The van der Waals surface area contributed by atoms with Gasteiger partial charge in [-0.25, -0.2) is 17.5 Å². The number of benzene rings is 2. The number of nitrogens with one attached hydrogen (secondary N) is 2. The van der Waals surface area contributed by atoms with Crippen LogP contribution in [0.15, 0.2) is 41.3 Å². The van der Waals surface area contributed by atoms with Crippen molar-refractivity contribution in [1.29, 1.82) is 0 Å². The van der Waals surface area contributed by atoms with Crippen LogP contribution in [0.25, 0.3) is 0 Å². The van der Waals surface area contributed by atoms with Crippen molar-refractivity contribution in [2.24, 2.45) is 0 Å². The van der Waals surface area contributed by atoms with Gasteiger partial charge in [0.1, 0.15) is 5.82 Å². The number of amides is 1. The molecule has 2 N–H and O–H groups in total. The third kappa shape index (κ3) is 3.25. The van der Waals surface area contributed by atoms with E-state index in [4.69, 9.17) is 0 Å². The van der Waals surface area contributed by atoms with E-state index in [-0.39, 0.29) is 17.3 Å². The molecule has 2 aromatic carbocycles. The van der Waals surface area contributed by atoms with Crippen LogP contribution in [-0.4, -0.2) is 14.3 Å². The zero-order valence-corrected chi connectivity index (χ0v) is 13.2. The second-order valence-corrected chi connectivity index (χ2v) is 7.19. The molecule has 0 fully saturated rings. The largest absolute Gasteiger partial charge is 0.326 e. The van der Waals surface area contributed by atoms with Crippen LogP contribution in [0.1, 0.15) is 16.7 Å². The molecular formula is C16H15FN2O3S. The minimum Gasteiger partial charge on any atom is -0.326 e. The Labute approximate surface area is 133 Å². The molecule has 120 valence electrons. The number of anilines is 1. The van der Waals surface area contributed by atoms with Gasteiger partial charge in [0, 0.05) is 12.2 Å². The van der Waals surface area contributed by atoms with Gasteiger partial charge in [-0.05, 0) is 47.9 Å². The molecule has 23 heavy (non-hydrogen) atoms. The highest BCUT2D eigenvalue weighted by Crippen LogP contribution is 2.24.